The summed E-state index contributed by atoms with van der Waals surface area (Å²) in [6.45, 7) is 20.4. The summed E-state index contributed by atoms with van der Waals surface area (Å²) in [5.41, 5.74) is 2.17. The van der Waals surface area contributed by atoms with E-state index in [0.717, 1.165) is 10.8 Å². The second-order valence-corrected chi connectivity index (χ2v) is 11.1. The smallest absolute Gasteiger partial charge is 0.338 e. The third-order valence-corrected chi connectivity index (χ3v) is 6.63. The second kappa shape index (κ2) is 16.9. The molecule has 0 atom stereocenters. The van der Waals surface area contributed by atoms with Crippen LogP contribution in [0.25, 0.3) is 10.8 Å². The monoisotopic (exact) mass is 673 g/mol. The molecule has 0 saturated carbocycles. The number of carbonyl (C=O) groups excluding carboxylic acids is 6. The molecule has 10 nitrogen and oxygen atoms in total. The summed E-state index contributed by atoms with van der Waals surface area (Å²) in [6.07, 6.45) is 0. The van der Waals surface area contributed by atoms with Crippen molar-refractivity contribution in [3.8, 4) is 17.2 Å². The van der Waals surface area contributed by atoms with E-state index in [0.29, 0.717) is 22.6 Å². The first-order valence-corrected chi connectivity index (χ1v) is 15.0. The zero-order chi connectivity index (χ0) is 37.1. The molecule has 4 aromatic carbocycles. The number of Topliss-reactive ketones (excluding diaryl/α,β-unsaturated/α-hetero) is 2. The number of carbonyl (C=O) groups is 6. The predicted molar refractivity (Wildman–Crippen MR) is 190 cm³/mol. The fourth-order valence-electron chi connectivity index (χ4n) is 3.89. The maximum Gasteiger partial charge on any atom is 0.338 e. The van der Waals surface area contributed by atoms with Crippen LogP contribution < -0.4 is 19.5 Å². The van der Waals surface area contributed by atoms with Gasteiger partial charge in [0.15, 0.2) is 0 Å². The van der Waals surface area contributed by atoms with E-state index in [1.165, 1.54) is 62.4 Å². The van der Waals surface area contributed by atoms with Gasteiger partial charge in [0.2, 0.25) is 11.6 Å². The molecule has 0 aliphatic heterocycles. The minimum Gasteiger partial charge on any atom is -0.423 e. The average Bonchev–Trinajstić information content (AvgIpc) is 3.08. The Bertz CT molecular complexity index is 1900. The van der Waals surface area contributed by atoms with Crippen molar-refractivity contribution < 1.29 is 43.0 Å². The van der Waals surface area contributed by atoms with Crippen molar-refractivity contribution in [2.75, 3.05) is 5.32 Å². The highest BCUT2D eigenvalue weighted by molar-refractivity contribution is 6.49. The van der Waals surface area contributed by atoms with Gasteiger partial charge in [0.1, 0.15) is 17.2 Å². The van der Waals surface area contributed by atoms with Crippen LogP contribution in [0.2, 0.25) is 0 Å². The Balaban J connectivity index is 0.000000278. The van der Waals surface area contributed by atoms with Crippen LogP contribution in [0.5, 0.6) is 17.2 Å². The van der Waals surface area contributed by atoms with E-state index in [-0.39, 0.29) is 39.7 Å². The number of amides is 1. The Kier molecular flexibility index (Phi) is 12.8. The van der Waals surface area contributed by atoms with Crippen LogP contribution in [0.4, 0.5) is 5.69 Å². The number of anilines is 1. The molecular weight excluding hydrogens is 638 g/mol. The molecule has 1 N–H and O–H groups in total. The third-order valence-electron chi connectivity index (χ3n) is 6.63. The Morgan fingerprint density at radius 3 is 1.30 bits per heavy atom. The predicted octanol–water partition coefficient (Wildman–Crippen LogP) is 7.55. The van der Waals surface area contributed by atoms with Gasteiger partial charge in [0.25, 0.3) is 5.91 Å². The highest BCUT2D eigenvalue weighted by Crippen LogP contribution is 2.31. The Morgan fingerprint density at radius 1 is 0.480 bits per heavy atom. The highest BCUT2D eigenvalue weighted by Gasteiger charge is 2.19. The lowest BCUT2D eigenvalue weighted by atomic mass is 10.0. The van der Waals surface area contributed by atoms with Crippen molar-refractivity contribution in [1.82, 2.24) is 0 Å². The molecule has 0 bridgehead atoms. The average molecular weight is 674 g/mol. The number of ether oxygens (including phenoxy) is 3. The van der Waals surface area contributed by atoms with Crippen LogP contribution in [0.3, 0.4) is 0 Å². The molecule has 0 aliphatic carbocycles. The molecule has 0 heterocycles. The summed E-state index contributed by atoms with van der Waals surface area (Å²) in [5, 5.41) is 4.31. The summed E-state index contributed by atoms with van der Waals surface area (Å²) in [6, 6.07) is 22.0. The fraction of sp³-hybridized carbons (Fsp3) is 0.100. The molecule has 4 rings (SSSR count). The van der Waals surface area contributed by atoms with Crippen molar-refractivity contribution in [3.05, 3.63) is 145 Å². The number of hydrogen-bond donors (Lipinski definition) is 1. The van der Waals surface area contributed by atoms with Crippen molar-refractivity contribution in [3.63, 3.8) is 0 Å². The number of benzene rings is 4. The molecule has 254 valence electrons. The molecule has 0 aromatic heterocycles. The van der Waals surface area contributed by atoms with Crippen LogP contribution in [-0.2, 0) is 19.2 Å². The minimum absolute atomic E-state index is 0.151. The van der Waals surface area contributed by atoms with Gasteiger partial charge in [0.05, 0.1) is 0 Å². The van der Waals surface area contributed by atoms with E-state index in [1.807, 2.05) is 12.1 Å². The molecule has 50 heavy (non-hydrogen) atoms. The minimum atomic E-state index is -0.718. The van der Waals surface area contributed by atoms with Gasteiger partial charge in [-0.3, -0.25) is 14.4 Å². The maximum atomic E-state index is 12.4. The quantitative estimate of drug-likeness (QED) is 0.0561. The zero-order valence-electron chi connectivity index (χ0n) is 28.1. The first-order chi connectivity index (χ1) is 23.6. The second-order valence-electron chi connectivity index (χ2n) is 11.1. The third kappa shape index (κ3) is 10.2. The van der Waals surface area contributed by atoms with Crippen molar-refractivity contribution in [2.45, 2.75) is 27.7 Å². The van der Waals surface area contributed by atoms with E-state index in [4.69, 9.17) is 14.2 Å². The number of ketones is 2. The number of fused-ring (bicyclic) bond motifs is 1. The van der Waals surface area contributed by atoms with Crippen LogP contribution >= 0.6 is 0 Å². The first kappa shape index (κ1) is 37.8. The van der Waals surface area contributed by atoms with Crippen LogP contribution in [0.15, 0.2) is 134 Å². The van der Waals surface area contributed by atoms with Crippen LogP contribution in [-0.4, -0.2) is 35.4 Å². The summed E-state index contributed by atoms with van der Waals surface area (Å²) in [5.74, 6) is -2.43. The number of rotatable bonds is 11. The SMILES string of the molecule is C=C(C)C(=O)Nc1cccc2c(OC(=O)C(=C)C)cccc12.C=C(C)C(=O)Oc1ccc(C(=O)C(=O)c2ccc(OC(=O)C(=C)C)cc2)cc1. The van der Waals surface area contributed by atoms with Crippen LogP contribution in [0, 0.1) is 0 Å². The Labute approximate surface area is 289 Å². The summed E-state index contributed by atoms with van der Waals surface area (Å²) >= 11 is 0. The largest absolute Gasteiger partial charge is 0.423 e. The number of hydrogen-bond acceptors (Lipinski definition) is 9. The molecule has 1 amide bonds. The van der Waals surface area contributed by atoms with Crippen molar-refractivity contribution in [2.24, 2.45) is 0 Å². The number of nitrogens with one attached hydrogen (secondary N) is 1. The lowest BCUT2D eigenvalue weighted by molar-refractivity contribution is -0.130. The summed E-state index contributed by atoms with van der Waals surface area (Å²) in [4.78, 5) is 71.2. The molecule has 0 unspecified atom stereocenters. The van der Waals surface area contributed by atoms with Crippen molar-refractivity contribution in [1.29, 1.82) is 0 Å². The molecule has 0 fully saturated rings. The standard InChI is InChI=1S/C22H18O6.C18H17NO3/c1-13(2)21(25)27-17-9-5-15(6-10-17)19(23)20(24)16-7-11-18(12-8-16)28-22(26)14(3)4;1-11(2)17(20)19-15-9-5-8-14-13(15)7-6-10-16(14)22-18(21)12(3)4/h5-12H,1,3H2,2,4H3;5-10H,1,3H2,2,4H3,(H,19,20). The fourth-order valence-corrected chi connectivity index (χ4v) is 3.89. The van der Waals surface area contributed by atoms with Gasteiger partial charge in [-0.1, -0.05) is 50.6 Å². The van der Waals surface area contributed by atoms with Gasteiger partial charge in [0, 0.05) is 49.9 Å². The molecule has 10 heteroatoms. The van der Waals surface area contributed by atoms with Gasteiger partial charge >= 0.3 is 17.9 Å². The van der Waals surface area contributed by atoms with Gasteiger partial charge in [-0.05, 0) is 88.4 Å². The van der Waals surface area contributed by atoms with E-state index < -0.39 is 29.5 Å². The summed E-state index contributed by atoms with van der Waals surface area (Å²) < 4.78 is 15.4. The molecule has 0 saturated heterocycles. The topological polar surface area (TPSA) is 142 Å². The lowest BCUT2D eigenvalue weighted by Gasteiger charge is -2.11. The number of esters is 3. The Morgan fingerprint density at radius 2 is 0.880 bits per heavy atom. The van der Waals surface area contributed by atoms with Crippen LogP contribution in [0.1, 0.15) is 48.4 Å². The summed E-state index contributed by atoms with van der Waals surface area (Å²) in [7, 11) is 0. The molecule has 4 aromatic rings. The molecule has 0 aliphatic rings. The zero-order valence-corrected chi connectivity index (χ0v) is 28.1. The van der Waals surface area contributed by atoms with Crippen molar-refractivity contribution >= 4 is 51.8 Å². The van der Waals surface area contributed by atoms with E-state index in [9.17, 15) is 28.8 Å². The van der Waals surface area contributed by atoms with Gasteiger partial charge < -0.3 is 19.5 Å². The molecular formula is C40H35NO9. The van der Waals surface area contributed by atoms with Gasteiger partial charge in [-0.25, -0.2) is 14.4 Å². The van der Waals surface area contributed by atoms with Gasteiger partial charge in [-0.15, -0.1) is 0 Å². The molecule has 0 spiro atoms. The first-order valence-electron chi connectivity index (χ1n) is 15.0. The Hall–Kier alpha value is -6.68. The maximum absolute atomic E-state index is 12.4. The van der Waals surface area contributed by atoms with E-state index >= 15 is 0 Å². The lowest BCUT2D eigenvalue weighted by Crippen LogP contribution is -2.15. The van der Waals surface area contributed by atoms with Gasteiger partial charge in [-0.2, -0.15) is 0 Å². The van der Waals surface area contributed by atoms with E-state index in [1.54, 1.807) is 38.1 Å². The normalized spacial score (nSPS) is 10.0. The van der Waals surface area contributed by atoms with E-state index in [2.05, 4.69) is 31.6 Å². The molecule has 0 radical (unpaired) electrons. The highest BCUT2D eigenvalue weighted by atomic mass is 16.5.